The summed E-state index contributed by atoms with van der Waals surface area (Å²) in [5.41, 5.74) is 2.83. The Morgan fingerprint density at radius 2 is 1.53 bits per heavy atom. The number of nitrogens with zero attached hydrogens (tertiary/aromatic N) is 2. The summed E-state index contributed by atoms with van der Waals surface area (Å²) in [4.78, 5) is 29.2. The van der Waals surface area contributed by atoms with Crippen molar-refractivity contribution >= 4 is 43.5 Å². The van der Waals surface area contributed by atoms with Crippen molar-refractivity contribution in [2.45, 2.75) is 30.8 Å². The second kappa shape index (κ2) is 14.3. The van der Waals surface area contributed by atoms with Gasteiger partial charge < -0.3 is 15.0 Å². The maximum absolute atomic E-state index is 14.3. The normalized spacial score (nSPS) is 11.8. The van der Waals surface area contributed by atoms with Crippen LogP contribution in [0.15, 0.2) is 112 Å². The molecule has 4 aromatic carbocycles. The van der Waals surface area contributed by atoms with Crippen molar-refractivity contribution in [3.8, 4) is 5.75 Å². The average Bonchev–Trinajstić information content (AvgIpc) is 3.02. The van der Waals surface area contributed by atoms with E-state index < -0.39 is 28.5 Å². The summed E-state index contributed by atoms with van der Waals surface area (Å²) < 4.78 is 35.3. The number of anilines is 1. The summed E-state index contributed by atoms with van der Waals surface area (Å²) in [7, 11) is -1.13. The van der Waals surface area contributed by atoms with E-state index in [0.29, 0.717) is 5.75 Å². The average molecular weight is 665 g/mol. The van der Waals surface area contributed by atoms with E-state index in [2.05, 4.69) is 21.2 Å². The van der Waals surface area contributed by atoms with Gasteiger partial charge in [0.15, 0.2) is 0 Å². The van der Waals surface area contributed by atoms with Crippen molar-refractivity contribution in [1.29, 1.82) is 0 Å². The molecule has 0 unspecified atom stereocenters. The number of carbonyl (C=O) groups excluding carboxylic acids is 2. The molecule has 0 saturated carbocycles. The number of carbonyl (C=O) groups is 2. The Morgan fingerprint density at radius 1 is 0.884 bits per heavy atom. The van der Waals surface area contributed by atoms with Crippen LogP contribution in [0.3, 0.4) is 0 Å². The van der Waals surface area contributed by atoms with Gasteiger partial charge in [-0.05, 0) is 66.6 Å². The number of hydrogen-bond acceptors (Lipinski definition) is 5. The van der Waals surface area contributed by atoms with E-state index in [1.807, 2.05) is 61.5 Å². The molecule has 0 radical (unpaired) electrons. The molecule has 0 heterocycles. The van der Waals surface area contributed by atoms with Crippen LogP contribution in [0.2, 0.25) is 0 Å². The minimum absolute atomic E-state index is 0.0485. The van der Waals surface area contributed by atoms with Crippen molar-refractivity contribution in [3.63, 3.8) is 0 Å². The molecular weight excluding hydrogens is 630 g/mol. The minimum Gasteiger partial charge on any atom is -0.497 e. The van der Waals surface area contributed by atoms with Crippen LogP contribution in [0.5, 0.6) is 5.75 Å². The van der Waals surface area contributed by atoms with Gasteiger partial charge in [0, 0.05) is 24.5 Å². The molecule has 0 aliphatic heterocycles. The largest absolute Gasteiger partial charge is 0.497 e. The van der Waals surface area contributed by atoms with Gasteiger partial charge in [0.2, 0.25) is 11.8 Å². The molecule has 4 aromatic rings. The molecule has 0 aliphatic carbocycles. The SMILES string of the molecule is CNC(=O)[C@@H](Cc1ccccc1)N(Cc1cccc(Br)c1)C(=O)CN(c1ccc(OC)cc1)S(=O)(=O)c1ccc(C)cc1. The third-order valence-electron chi connectivity index (χ3n) is 7.01. The summed E-state index contributed by atoms with van der Waals surface area (Å²) in [5, 5.41) is 2.69. The van der Waals surface area contributed by atoms with E-state index in [4.69, 9.17) is 4.74 Å². The fourth-order valence-electron chi connectivity index (χ4n) is 4.67. The van der Waals surface area contributed by atoms with Gasteiger partial charge in [-0.3, -0.25) is 13.9 Å². The Balaban J connectivity index is 1.79. The second-order valence-corrected chi connectivity index (χ2v) is 12.8. The topological polar surface area (TPSA) is 96.0 Å². The standard InChI is InChI=1S/C33H34BrN3O5S/c1-24-12-18-30(19-13-24)43(40,41)37(28-14-16-29(42-3)17-15-28)23-32(38)36(22-26-10-7-11-27(34)20-26)31(33(39)35-2)21-25-8-5-4-6-9-25/h4-20,31H,21-23H2,1-3H3,(H,35,39)/t31-/m1/s1. The zero-order valence-corrected chi connectivity index (χ0v) is 26.6. The number of ether oxygens (including phenoxy) is 1. The number of rotatable bonds is 12. The first-order valence-electron chi connectivity index (χ1n) is 13.6. The monoisotopic (exact) mass is 663 g/mol. The highest BCUT2D eigenvalue weighted by Crippen LogP contribution is 2.27. The van der Waals surface area contributed by atoms with Crippen LogP contribution in [-0.2, 0) is 32.6 Å². The molecule has 0 bridgehead atoms. The Bertz CT molecular complexity index is 1650. The number of aryl methyl sites for hydroxylation is 1. The van der Waals surface area contributed by atoms with Crippen molar-refractivity contribution < 1.29 is 22.7 Å². The van der Waals surface area contributed by atoms with Gasteiger partial charge in [-0.25, -0.2) is 8.42 Å². The fourth-order valence-corrected chi connectivity index (χ4v) is 6.53. The molecule has 1 atom stereocenters. The van der Waals surface area contributed by atoms with Gasteiger partial charge in [0.05, 0.1) is 17.7 Å². The highest BCUT2D eigenvalue weighted by Gasteiger charge is 2.34. The van der Waals surface area contributed by atoms with Crippen LogP contribution in [-0.4, -0.2) is 51.9 Å². The Hall–Kier alpha value is -4.15. The van der Waals surface area contributed by atoms with Crippen molar-refractivity contribution in [3.05, 3.63) is 124 Å². The third-order valence-corrected chi connectivity index (χ3v) is 9.29. The highest BCUT2D eigenvalue weighted by molar-refractivity contribution is 9.10. The molecule has 0 aliphatic rings. The van der Waals surface area contributed by atoms with Gasteiger partial charge in [0.1, 0.15) is 18.3 Å². The van der Waals surface area contributed by atoms with E-state index in [9.17, 15) is 18.0 Å². The number of sulfonamides is 1. The van der Waals surface area contributed by atoms with E-state index in [-0.39, 0.29) is 29.5 Å². The molecule has 1 N–H and O–H groups in total. The Morgan fingerprint density at radius 3 is 2.14 bits per heavy atom. The fraction of sp³-hybridized carbons (Fsp3) is 0.212. The van der Waals surface area contributed by atoms with Gasteiger partial charge in [-0.2, -0.15) is 0 Å². The molecule has 0 saturated heterocycles. The zero-order valence-electron chi connectivity index (χ0n) is 24.2. The lowest BCUT2D eigenvalue weighted by Crippen LogP contribution is -2.53. The minimum atomic E-state index is -4.17. The molecule has 0 fully saturated rings. The number of nitrogens with one attached hydrogen (secondary N) is 1. The molecule has 4 rings (SSSR count). The Labute approximate surface area is 261 Å². The lowest BCUT2D eigenvalue weighted by atomic mass is 10.0. The van der Waals surface area contributed by atoms with E-state index in [1.165, 1.54) is 31.2 Å². The third kappa shape index (κ3) is 8.03. The molecule has 10 heteroatoms. The second-order valence-electron chi connectivity index (χ2n) is 9.99. The maximum Gasteiger partial charge on any atom is 0.264 e. The number of likely N-dealkylation sites (N-methyl/N-ethyl adjacent to an activating group) is 1. The first-order valence-corrected chi connectivity index (χ1v) is 15.9. The van der Waals surface area contributed by atoms with Gasteiger partial charge in [-0.15, -0.1) is 0 Å². The maximum atomic E-state index is 14.3. The number of amides is 2. The number of methoxy groups -OCH3 is 1. The summed E-state index contributed by atoms with van der Waals surface area (Å²) in [6.07, 6.45) is 0.244. The summed E-state index contributed by atoms with van der Waals surface area (Å²) in [6, 6.07) is 28.9. The molecule has 224 valence electrons. The van der Waals surface area contributed by atoms with Crippen molar-refractivity contribution in [2.24, 2.45) is 0 Å². The molecular formula is C33H34BrN3O5S. The number of halogens is 1. The highest BCUT2D eigenvalue weighted by atomic mass is 79.9. The van der Waals surface area contributed by atoms with E-state index in [1.54, 1.807) is 36.4 Å². The van der Waals surface area contributed by atoms with Gasteiger partial charge in [-0.1, -0.05) is 76.1 Å². The first kappa shape index (κ1) is 31.8. The van der Waals surface area contributed by atoms with Crippen LogP contribution in [0.4, 0.5) is 5.69 Å². The molecule has 8 nitrogen and oxygen atoms in total. The Kier molecular flexibility index (Phi) is 10.6. The van der Waals surface area contributed by atoms with Crippen molar-refractivity contribution in [2.75, 3.05) is 25.0 Å². The lowest BCUT2D eigenvalue weighted by molar-refractivity contribution is -0.139. The molecule has 43 heavy (non-hydrogen) atoms. The van der Waals surface area contributed by atoms with Crippen LogP contribution < -0.4 is 14.4 Å². The predicted octanol–water partition coefficient (Wildman–Crippen LogP) is 5.35. The van der Waals surface area contributed by atoms with Crippen LogP contribution in [0.1, 0.15) is 16.7 Å². The van der Waals surface area contributed by atoms with Gasteiger partial charge >= 0.3 is 0 Å². The van der Waals surface area contributed by atoms with Crippen LogP contribution >= 0.6 is 15.9 Å². The molecule has 0 aromatic heterocycles. The molecule has 0 spiro atoms. The lowest BCUT2D eigenvalue weighted by Gasteiger charge is -2.33. The first-order chi connectivity index (χ1) is 20.6. The van der Waals surface area contributed by atoms with Gasteiger partial charge in [0.25, 0.3) is 10.0 Å². The number of benzene rings is 4. The molecule has 2 amide bonds. The van der Waals surface area contributed by atoms with Crippen molar-refractivity contribution in [1.82, 2.24) is 10.2 Å². The number of hydrogen-bond donors (Lipinski definition) is 1. The van der Waals surface area contributed by atoms with E-state index in [0.717, 1.165) is 25.5 Å². The predicted molar refractivity (Wildman–Crippen MR) is 171 cm³/mol. The van der Waals surface area contributed by atoms with E-state index >= 15 is 0 Å². The van der Waals surface area contributed by atoms with Crippen LogP contribution in [0.25, 0.3) is 0 Å². The summed E-state index contributed by atoms with van der Waals surface area (Å²) in [5.74, 6) is -0.345. The summed E-state index contributed by atoms with van der Waals surface area (Å²) in [6.45, 7) is 1.43. The zero-order chi connectivity index (χ0) is 31.0. The summed E-state index contributed by atoms with van der Waals surface area (Å²) >= 11 is 3.48. The smallest absolute Gasteiger partial charge is 0.264 e. The quantitative estimate of drug-likeness (QED) is 0.221. The van der Waals surface area contributed by atoms with Crippen LogP contribution in [0, 0.1) is 6.92 Å².